The average Bonchev–Trinajstić information content (AvgIpc) is 3.17. The fraction of sp³-hybridized carbons (Fsp3) is 0.286. The smallest absolute Gasteiger partial charge is 0.277 e. The Kier molecular flexibility index (Phi) is 7.28. The zero-order chi connectivity index (χ0) is 19.9. The van der Waals surface area contributed by atoms with Crippen LogP contribution in [0.25, 0.3) is 11.5 Å². The number of amides is 1. The molecule has 0 unspecified atom stereocenters. The molecule has 0 aliphatic heterocycles. The van der Waals surface area contributed by atoms with E-state index in [2.05, 4.69) is 64.2 Å². The van der Waals surface area contributed by atoms with Gasteiger partial charge in [0.2, 0.25) is 11.8 Å². The van der Waals surface area contributed by atoms with E-state index in [1.54, 1.807) is 0 Å². The Hall–Kier alpha value is -2.12. The third-order valence-electron chi connectivity index (χ3n) is 4.16. The summed E-state index contributed by atoms with van der Waals surface area (Å²) in [6.07, 6.45) is 0.913. The first-order valence-corrected chi connectivity index (χ1v) is 10.9. The van der Waals surface area contributed by atoms with Crippen LogP contribution in [0.2, 0.25) is 0 Å². The van der Waals surface area contributed by atoms with E-state index in [1.807, 2.05) is 29.2 Å². The van der Waals surface area contributed by atoms with Crippen molar-refractivity contribution in [3.8, 4) is 11.5 Å². The van der Waals surface area contributed by atoms with Crippen molar-refractivity contribution in [2.24, 2.45) is 0 Å². The van der Waals surface area contributed by atoms with Crippen molar-refractivity contribution in [3.05, 3.63) is 64.1 Å². The summed E-state index contributed by atoms with van der Waals surface area (Å²) in [7, 11) is 0. The van der Waals surface area contributed by atoms with Crippen molar-refractivity contribution in [1.29, 1.82) is 0 Å². The highest BCUT2D eigenvalue weighted by Gasteiger charge is 2.16. The van der Waals surface area contributed by atoms with Gasteiger partial charge in [-0.2, -0.15) is 0 Å². The minimum atomic E-state index is 0.0656. The van der Waals surface area contributed by atoms with Crippen molar-refractivity contribution in [2.45, 2.75) is 32.0 Å². The maximum Gasteiger partial charge on any atom is 0.277 e. The van der Waals surface area contributed by atoms with Gasteiger partial charge < -0.3 is 9.32 Å². The molecule has 0 spiro atoms. The Balaban J connectivity index is 1.59. The van der Waals surface area contributed by atoms with Crippen molar-refractivity contribution in [1.82, 2.24) is 15.1 Å². The fourth-order valence-corrected chi connectivity index (χ4v) is 3.60. The topological polar surface area (TPSA) is 59.2 Å². The fourth-order valence-electron chi connectivity index (χ4n) is 2.67. The molecule has 0 saturated carbocycles. The monoisotopic (exact) mass is 459 g/mol. The summed E-state index contributed by atoms with van der Waals surface area (Å²) in [5.41, 5.74) is 3.19. The molecule has 0 N–H and O–H groups in total. The Morgan fingerprint density at radius 2 is 1.82 bits per heavy atom. The van der Waals surface area contributed by atoms with Gasteiger partial charge in [-0.25, -0.2) is 0 Å². The molecule has 5 nitrogen and oxygen atoms in total. The van der Waals surface area contributed by atoms with Crippen LogP contribution in [0.3, 0.4) is 0 Å². The maximum absolute atomic E-state index is 12.7. The molecule has 0 aliphatic rings. The predicted octanol–water partition coefficient (Wildman–Crippen LogP) is 5.34. The van der Waals surface area contributed by atoms with E-state index in [9.17, 15) is 4.79 Å². The zero-order valence-electron chi connectivity index (χ0n) is 15.9. The number of nitrogens with zero attached hydrogens (tertiary/aromatic N) is 3. The normalized spacial score (nSPS) is 10.8. The van der Waals surface area contributed by atoms with Crippen LogP contribution < -0.4 is 0 Å². The Morgan fingerprint density at radius 3 is 2.50 bits per heavy atom. The number of carbonyl (C=O) groups excluding carboxylic acids is 1. The number of benzene rings is 2. The number of thioether (sulfide) groups is 1. The van der Waals surface area contributed by atoms with Gasteiger partial charge in [-0.15, -0.1) is 10.2 Å². The molecule has 2 aromatic carbocycles. The molecule has 28 heavy (non-hydrogen) atoms. The molecule has 0 bridgehead atoms. The summed E-state index contributed by atoms with van der Waals surface area (Å²) in [6, 6.07) is 15.9. The highest BCUT2D eigenvalue weighted by molar-refractivity contribution is 9.10. The summed E-state index contributed by atoms with van der Waals surface area (Å²) in [4.78, 5) is 14.6. The van der Waals surface area contributed by atoms with E-state index in [0.29, 0.717) is 17.7 Å². The summed E-state index contributed by atoms with van der Waals surface area (Å²) in [5.74, 6) is 0.789. The lowest BCUT2D eigenvalue weighted by Gasteiger charge is -2.22. The van der Waals surface area contributed by atoms with Gasteiger partial charge in [-0.3, -0.25) is 4.79 Å². The van der Waals surface area contributed by atoms with E-state index < -0.39 is 0 Å². The van der Waals surface area contributed by atoms with Crippen molar-refractivity contribution < 1.29 is 9.21 Å². The van der Waals surface area contributed by atoms with Gasteiger partial charge in [0.05, 0.1) is 5.75 Å². The molecule has 0 atom stereocenters. The molecule has 1 amide bonds. The van der Waals surface area contributed by atoms with E-state index in [1.165, 1.54) is 17.3 Å². The number of aryl methyl sites for hydroxylation is 1. The second-order valence-corrected chi connectivity index (χ2v) is 8.31. The van der Waals surface area contributed by atoms with E-state index in [0.717, 1.165) is 28.6 Å². The van der Waals surface area contributed by atoms with Crippen LogP contribution in [-0.4, -0.2) is 33.3 Å². The van der Waals surface area contributed by atoms with Crippen LogP contribution in [0.1, 0.15) is 24.5 Å². The molecule has 0 aliphatic carbocycles. The summed E-state index contributed by atoms with van der Waals surface area (Å²) >= 11 is 4.68. The number of carbonyl (C=O) groups is 1. The molecule has 0 fully saturated rings. The second-order valence-electron chi connectivity index (χ2n) is 6.47. The molecule has 3 aromatic rings. The summed E-state index contributed by atoms with van der Waals surface area (Å²) < 4.78 is 6.67. The van der Waals surface area contributed by atoms with Gasteiger partial charge in [0.25, 0.3) is 5.22 Å². The van der Waals surface area contributed by atoms with Gasteiger partial charge >= 0.3 is 0 Å². The Bertz CT molecular complexity index is 910. The number of hydrogen-bond donors (Lipinski definition) is 0. The SMILES string of the molecule is CCCN(Cc1ccc(C)cc1)C(=O)CSc1nnc(-c2ccc(Br)cc2)o1. The molecule has 146 valence electrons. The average molecular weight is 460 g/mol. The van der Waals surface area contributed by atoms with Gasteiger partial charge in [0, 0.05) is 23.1 Å². The van der Waals surface area contributed by atoms with Crippen LogP contribution in [0.4, 0.5) is 0 Å². The zero-order valence-corrected chi connectivity index (χ0v) is 18.3. The first-order valence-electron chi connectivity index (χ1n) is 9.10. The summed E-state index contributed by atoms with van der Waals surface area (Å²) in [6.45, 7) is 5.47. The van der Waals surface area contributed by atoms with Gasteiger partial charge in [0.15, 0.2) is 0 Å². The first kappa shape index (κ1) is 20.6. The van der Waals surface area contributed by atoms with E-state index in [-0.39, 0.29) is 11.7 Å². The lowest BCUT2D eigenvalue weighted by Crippen LogP contribution is -2.32. The van der Waals surface area contributed by atoms with Crippen LogP contribution in [0.15, 0.2) is 62.6 Å². The third kappa shape index (κ3) is 5.69. The number of halogens is 1. The molecule has 7 heteroatoms. The molecule has 0 saturated heterocycles. The van der Waals surface area contributed by atoms with Crippen molar-refractivity contribution in [2.75, 3.05) is 12.3 Å². The minimum Gasteiger partial charge on any atom is -0.411 e. The molecule has 3 rings (SSSR count). The Morgan fingerprint density at radius 1 is 1.11 bits per heavy atom. The minimum absolute atomic E-state index is 0.0656. The third-order valence-corrected chi connectivity index (χ3v) is 5.49. The largest absolute Gasteiger partial charge is 0.411 e. The quantitative estimate of drug-likeness (QED) is 0.425. The molecule has 0 radical (unpaired) electrons. The van der Waals surface area contributed by atoms with Gasteiger partial charge in [0.1, 0.15) is 0 Å². The van der Waals surface area contributed by atoms with Crippen LogP contribution in [0.5, 0.6) is 0 Å². The lowest BCUT2D eigenvalue weighted by molar-refractivity contribution is -0.129. The maximum atomic E-state index is 12.7. The van der Waals surface area contributed by atoms with Crippen molar-refractivity contribution >= 4 is 33.6 Å². The van der Waals surface area contributed by atoms with E-state index >= 15 is 0 Å². The van der Waals surface area contributed by atoms with Crippen molar-refractivity contribution in [3.63, 3.8) is 0 Å². The molecular formula is C21H22BrN3O2S. The van der Waals surface area contributed by atoms with Crippen LogP contribution in [-0.2, 0) is 11.3 Å². The summed E-state index contributed by atoms with van der Waals surface area (Å²) in [5, 5.41) is 8.52. The first-order chi connectivity index (χ1) is 13.5. The predicted molar refractivity (Wildman–Crippen MR) is 115 cm³/mol. The van der Waals surface area contributed by atoms with E-state index in [4.69, 9.17) is 4.42 Å². The number of hydrogen-bond acceptors (Lipinski definition) is 5. The molecule has 1 aromatic heterocycles. The lowest BCUT2D eigenvalue weighted by atomic mass is 10.1. The van der Waals surface area contributed by atoms with Gasteiger partial charge in [-0.05, 0) is 43.2 Å². The van der Waals surface area contributed by atoms with Crippen LogP contribution in [0, 0.1) is 6.92 Å². The second kappa shape index (κ2) is 9.89. The van der Waals surface area contributed by atoms with Crippen LogP contribution >= 0.6 is 27.7 Å². The highest BCUT2D eigenvalue weighted by Crippen LogP contribution is 2.24. The van der Waals surface area contributed by atoms with Gasteiger partial charge in [-0.1, -0.05) is 64.4 Å². The number of aromatic nitrogens is 2. The Labute approximate surface area is 177 Å². The molecule has 1 heterocycles. The highest BCUT2D eigenvalue weighted by atomic mass is 79.9. The molecular weight excluding hydrogens is 438 g/mol. The standard InChI is InChI=1S/C21H22BrN3O2S/c1-3-12-25(13-16-6-4-15(2)5-7-16)19(26)14-28-21-24-23-20(27-21)17-8-10-18(22)11-9-17/h4-11H,3,12-14H2,1-2H3. The number of rotatable bonds is 8.